The molecule has 0 rings (SSSR count). The molecule has 0 saturated heterocycles. The summed E-state index contributed by atoms with van der Waals surface area (Å²) in [7, 11) is 1.30. The first-order chi connectivity index (χ1) is 2.81. The third kappa shape index (κ3) is 17.8. The maximum absolute atomic E-state index is 9.83. The number of hydrogen-bond acceptors (Lipinski definition) is 3. The summed E-state index contributed by atoms with van der Waals surface area (Å²) in [6.07, 6.45) is 0. The van der Waals surface area contributed by atoms with Gasteiger partial charge in [-0.15, -0.1) is 37.2 Å². The van der Waals surface area contributed by atoms with E-state index in [1.165, 1.54) is 7.11 Å². The fourth-order valence-electron chi connectivity index (χ4n) is 0.0833. The van der Waals surface area contributed by atoms with Crippen molar-refractivity contribution in [2.75, 3.05) is 13.7 Å². The number of ether oxygens (including phenoxy) is 1. The van der Waals surface area contributed by atoms with E-state index in [2.05, 4.69) is 4.74 Å². The number of carbonyl (C=O) groups is 1. The fraction of sp³-hybridized carbons (Fsp3) is 0.667. The van der Waals surface area contributed by atoms with E-state index in [1.807, 2.05) is 0 Å². The predicted octanol–water partition coefficient (Wildman–Crippen LogP) is 0.383. The van der Waals surface area contributed by atoms with Crippen LogP contribution in [0.5, 0.6) is 0 Å². The van der Waals surface area contributed by atoms with Gasteiger partial charge < -0.3 is 10.5 Å². The summed E-state index contributed by atoms with van der Waals surface area (Å²) < 4.78 is 4.14. The molecule has 0 amide bonds. The quantitative estimate of drug-likeness (QED) is 0.620. The van der Waals surface area contributed by atoms with Crippen LogP contribution in [0.25, 0.3) is 0 Å². The monoisotopic (exact) mass is 197 g/mol. The van der Waals surface area contributed by atoms with Gasteiger partial charge in [-0.1, -0.05) is 0 Å². The molecule has 0 spiro atoms. The lowest BCUT2D eigenvalue weighted by molar-refractivity contribution is -0.138. The summed E-state index contributed by atoms with van der Waals surface area (Å²) in [6.45, 7) is -0.0312. The van der Waals surface area contributed by atoms with E-state index < -0.39 is 0 Å². The smallest absolute Gasteiger partial charge is 0.319 e. The molecule has 0 radical (unpaired) electrons. The highest BCUT2D eigenvalue weighted by Crippen LogP contribution is 1.61. The van der Waals surface area contributed by atoms with Crippen LogP contribution in [-0.2, 0) is 9.53 Å². The van der Waals surface area contributed by atoms with Gasteiger partial charge in [-0.3, -0.25) is 4.79 Å². The Balaban J connectivity index is -0.0000000417. The van der Waals surface area contributed by atoms with Crippen molar-refractivity contribution in [3.63, 3.8) is 0 Å². The van der Waals surface area contributed by atoms with E-state index in [0.29, 0.717) is 0 Å². The number of carbonyl (C=O) groups excluding carboxylic acids is 1. The summed E-state index contributed by atoms with van der Waals surface area (Å²) in [4.78, 5) is 9.83. The second-order valence-electron chi connectivity index (χ2n) is 0.780. The second-order valence-corrected chi connectivity index (χ2v) is 0.780. The van der Waals surface area contributed by atoms with Gasteiger partial charge in [-0.05, 0) is 0 Å². The lowest BCUT2D eigenvalue weighted by atomic mass is 10.7. The zero-order valence-corrected chi connectivity index (χ0v) is 7.28. The summed E-state index contributed by atoms with van der Waals surface area (Å²) in [5, 5.41) is 0. The third-order valence-electron chi connectivity index (χ3n) is 0.394. The molecule has 0 aliphatic rings. The number of halogens is 3. The van der Waals surface area contributed by atoms with Crippen molar-refractivity contribution in [3.8, 4) is 0 Å². The molecule has 0 aliphatic carbocycles. The Morgan fingerprint density at radius 1 is 1.44 bits per heavy atom. The summed E-state index contributed by atoms with van der Waals surface area (Å²) >= 11 is 0. The molecule has 3 nitrogen and oxygen atoms in total. The number of nitrogens with two attached hydrogens (primary N) is 1. The van der Waals surface area contributed by atoms with Crippen molar-refractivity contribution in [1.82, 2.24) is 0 Å². The Bertz CT molecular complexity index is 55.0. The minimum Gasteiger partial charge on any atom is -0.468 e. The molecule has 0 bridgehead atoms. The van der Waals surface area contributed by atoms with Crippen molar-refractivity contribution in [2.45, 2.75) is 0 Å². The second kappa shape index (κ2) is 15.7. The minimum atomic E-state index is -0.380. The van der Waals surface area contributed by atoms with Crippen LogP contribution in [0, 0.1) is 0 Å². The predicted molar refractivity (Wildman–Crippen MR) is 42.8 cm³/mol. The topological polar surface area (TPSA) is 52.3 Å². The Morgan fingerprint density at radius 3 is 1.78 bits per heavy atom. The standard InChI is InChI=1S/C3H7NO2.3ClH/c1-6-3(5)2-4;;;/h2,4H2,1H3;3*1H. The molecule has 0 unspecified atom stereocenters. The van der Waals surface area contributed by atoms with Gasteiger partial charge in [-0.2, -0.15) is 0 Å². The Labute approximate surface area is 72.5 Å². The molecule has 0 atom stereocenters. The van der Waals surface area contributed by atoms with E-state index >= 15 is 0 Å². The molecule has 0 aromatic heterocycles. The van der Waals surface area contributed by atoms with Crippen molar-refractivity contribution in [3.05, 3.63) is 0 Å². The Hall–Kier alpha value is 0.300. The zero-order valence-electron chi connectivity index (χ0n) is 4.83. The first-order valence-electron chi connectivity index (χ1n) is 1.58. The van der Waals surface area contributed by atoms with Crippen molar-refractivity contribution in [2.24, 2.45) is 5.73 Å². The summed E-state index contributed by atoms with van der Waals surface area (Å²) in [6, 6.07) is 0. The van der Waals surface area contributed by atoms with Crippen molar-refractivity contribution >= 4 is 43.2 Å². The van der Waals surface area contributed by atoms with Gasteiger partial charge in [0, 0.05) is 0 Å². The molecular weight excluding hydrogens is 188 g/mol. The molecule has 60 valence electrons. The normalized spacial score (nSPS) is 5.11. The van der Waals surface area contributed by atoms with Crippen LogP contribution in [0.1, 0.15) is 0 Å². The highest BCUT2D eigenvalue weighted by Gasteiger charge is 1.87. The van der Waals surface area contributed by atoms with Gasteiger partial charge in [0.05, 0.1) is 13.7 Å². The van der Waals surface area contributed by atoms with Crippen LogP contribution >= 0.6 is 37.2 Å². The first-order valence-corrected chi connectivity index (χ1v) is 1.58. The molecule has 0 aromatic rings. The van der Waals surface area contributed by atoms with Gasteiger partial charge in [0.2, 0.25) is 0 Å². The number of rotatable bonds is 1. The van der Waals surface area contributed by atoms with Crippen LogP contribution in [0.4, 0.5) is 0 Å². The van der Waals surface area contributed by atoms with Crippen LogP contribution in [-0.4, -0.2) is 19.6 Å². The SMILES string of the molecule is COC(=O)CN.Cl.Cl.Cl. The van der Waals surface area contributed by atoms with E-state index in [1.54, 1.807) is 0 Å². The van der Waals surface area contributed by atoms with Crippen LogP contribution < -0.4 is 5.73 Å². The Morgan fingerprint density at radius 2 is 1.78 bits per heavy atom. The van der Waals surface area contributed by atoms with E-state index in [0.717, 1.165) is 0 Å². The van der Waals surface area contributed by atoms with Crippen LogP contribution in [0.15, 0.2) is 0 Å². The molecule has 0 aromatic carbocycles. The molecule has 9 heavy (non-hydrogen) atoms. The van der Waals surface area contributed by atoms with E-state index in [4.69, 9.17) is 5.73 Å². The Kier molecular flexibility index (Phi) is 39.9. The van der Waals surface area contributed by atoms with Crippen LogP contribution in [0.2, 0.25) is 0 Å². The molecule has 2 N–H and O–H groups in total. The van der Waals surface area contributed by atoms with Crippen molar-refractivity contribution < 1.29 is 9.53 Å². The van der Waals surface area contributed by atoms with Gasteiger partial charge in [0.1, 0.15) is 0 Å². The number of hydrogen-bond donors (Lipinski definition) is 1. The molecule has 0 aliphatic heterocycles. The highest BCUT2D eigenvalue weighted by atomic mass is 35.5. The average molecular weight is 198 g/mol. The zero-order chi connectivity index (χ0) is 4.99. The maximum Gasteiger partial charge on any atom is 0.319 e. The maximum atomic E-state index is 9.83. The molecule has 6 heteroatoms. The average Bonchev–Trinajstić information content (AvgIpc) is 1.65. The lowest BCUT2D eigenvalue weighted by Gasteiger charge is -1.87. The number of methoxy groups -OCH3 is 1. The molecule has 0 heterocycles. The molecular formula is C3H10Cl3NO2. The number of esters is 1. The van der Waals surface area contributed by atoms with E-state index in [-0.39, 0.29) is 49.7 Å². The largest absolute Gasteiger partial charge is 0.468 e. The highest BCUT2D eigenvalue weighted by molar-refractivity contribution is 5.86. The van der Waals surface area contributed by atoms with Gasteiger partial charge >= 0.3 is 5.97 Å². The molecule has 0 saturated carbocycles. The minimum absolute atomic E-state index is 0. The lowest BCUT2D eigenvalue weighted by Crippen LogP contribution is -2.14. The van der Waals surface area contributed by atoms with Gasteiger partial charge in [0.15, 0.2) is 0 Å². The molecule has 0 fully saturated rings. The third-order valence-corrected chi connectivity index (χ3v) is 0.394. The fourth-order valence-corrected chi connectivity index (χ4v) is 0.0833. The van der Waals surface area contributed by atoms with Gasteiger partial charge in [0.25, 0.3) is 0 Å². The summed E-state index contributed by atoms with van der Waals surface area (Å²) in [5.74, 6) is -0.380. The van der Waals surface area contributed by atoms with Gasteiger partial charge in [-0.25, -0.2) is 0 Å². The van der Waals surface area contributed by atoms with Crippen LogP contribution in [0.3, 0.4) is 0 Å². The summed E-state index contributed by atoms with van der Waals surface area (Å²) in [5.41, 5.74) is 4.81. The first kappa shape index (κ1) is 22.8. The van der Waals surface area contributed by atoms with E-state index in [9.17, 15) is 4.79 Å². The van der Waals surface area contributed by atoms with Crippen molar-refractivity contribution in [1.29, 1.82) is 0 Å².